The van der Waals surface area contributed by atoms with E-state index in [1.165, 1.54) is 7.05 Å². The molecule has 1 saturated heterocycles. The fraction of sp³-hybridized carbons (Fsp3) is 0.417. The zero-order valence-electron chi connectivity index (χ0n) is 10.7. The normalized spacial score (nSPS) is 19.7. The Morgan fingerprint density at radius 3 is 2.89 bits per heavy atom. The average Bonchev–Trinajstić information content (AvgIpc) is 2.39. The first kappa shape index (κ1) is 13.8. The van der Waals surface area contributed by atoms with E-state index in [1.54, 1.807) is 6.20 Å². The lowest BCUT2D eigenvalue weighted by Crippen LogP contribution is -2.48. The van der Waals surface area contributed by atoms with Crippen LogP contribution in [0.2, 0.25) is 0 Å². The van der Waals surface area contributed by atoms with Crippen LogP contribution in [0.3, 0.4) is 0 Å². The molecule has 0 bridgehead atoms. The lowest BCUT2D eigenvalue weighted by molar-refractivity contribution is -0.146. The minimum Gasteiger partial charge on any atom is -0.397 e. The van der Waals surface area contributed by atoms with Crippen LogP contribution in [0, 0.1) is 6.92 Å². The molecule has 0 radical (unpaired) electrons. The first-order valence-electron chi connectivity index (χ1n) is 5.89. The third kappa shape index (κ3) is 2.56. The predicted octanol–water partition coefficient (Wildman–Crippen LogP) is 1.29. The van der Waals surface area contributed by atoms with Crippen LogP contribution in [0.5, 0.6) is 0 Å². The zero-order valence-corrected chi connectivity index (χ0v) is 12.3. The Labute approximate surface area is 119 Å². The minimum atomic E-state index is -0.436. The number of aromatic nitrogens is 1. The molecule has 1 unspecified atom stereocenters. The van der Waals surface area contributed by atoms with E-state index in [0.717, 1.165) is 14.9 Å². The second-order valence-electron chi connectivity index (χ2n) is 4.53. The van der Waals surface area contributed by atoms with Gasteiger partial charge in [0.1, 0.15) is 11.9 Å². The van der Waals surface area contributed by atoms with Gasteiger partial charge < -0.3 is 11.1 Å². The van der Waals surface area contributed by atoms with E-state index in [9.17, 15) is 9.59 Å². The molecule has 0 aromatic carbocycles. The van der Waals surface area contributed by atoms with Crippen LogP contribution < -0.4 is 11.1 Å². The van der Waals surface area contributed by atoms with Gasteiger partial charge in [-0.2, -0.15) is 0 Å². The molecule has 2 rings (SSSR count). The summed E-state index contributed by atoms with van der Waals surface area (Å²) in [7, 11) is 1.50. The Hall–Kier alpha value is -1.63. The number of carbonyl (C=O) groups is 2. The SMILES string of the molecule is Cc1c(N)cnc(NC2CCC(=O)N(C)C2=O)c1Br. The number of nitrogens with two attached hydrogens (primary N) is 1. The maximum absolute atomic E-state index is 12.0. The molecule has 1 aliphatic rings. The van der Waals surface area contributed by atoms with Gasteiger partial charge in [0.15, 0.2) is 0 Å². The zero-order chi connectivity index (χ0) is 14.2. The van der Waals surface area contributed by atoms with Gasteiger partial charge in [0.25, 0.3) is 5.91 Å². The van der Waals surface area contributed by atoms with Crippen molar-refractivity contribution in [3.63, 3.8) is 0 Å². The fourth-order valence-corrected chi connectivity index (χ4v) is 2.35. The number of anilines is 2. The van der Waals surface area contributed by atoms with E-state index in [-0.39, 0.29) is 11.8 Å². The Bertz CT molecular complexity index is 547. The second kappa shape index (κ2) is 5.16. The van der Waals surface area contributed by atoms with Crippen molar-refractivity contribution in [3.8, 4) is 0 Å². The number of likely N-dealkylation sites (N-methyl/N-ethyl adjacent to an activating group) is 1. The highest BCUT2D eigenvalue weighted by Gasteiger charge is 2.32. The minimum absolute atomic E-state index is 0.149. The smallest absolute Gasteiger partial charge is 0.251 e. The summed E-state index contributed by atoms with van der Waals surface area (Å²) in [6.07, 6.45) is 2.37. The van der Waals surface area contributed by atoms with Crippen molar-refractivity contribution < 1.29 is 9.59 Å². The van der Waals surface area contributed by atoms with Gasteiger partial charge in [0.2, 0.25) is 5.91 Å². The number of rotatable bonds is 2. The Kier molecular flexibility index (Phi) is 3.75. The average molecular weight is 327 g/mol. The van der Waals surface area contributed by atoms with Gasteiger partial charge in [0, 0.05) is 13.5 Å². The maximum Gasteiger partial charge on any atom is 0.251 e. The summed E-state index contributed by atoms with van der Waals surface area (Å²) in [6.45, 7) is 1.87. The molecule has 0 spiro atoms. The molecule has 6 nitrogen and oxygen atoms in total. The van der Waals surface area contributed by atoms with Crippen molar-refractivity contribution in [1.82, 2.24) is 9.88 Å². The van der Waals surface area contributed by atoms with Gasteiger partial charge in [-0.3, -0.25) is 14.5 Å². The highest BCUT2D eigenvalue weighted by atomic mass is 79.9. The topological polar surface area (TPSA) is 88.3 Å². The van der Waals surface area contributed by atoms with Crippen molar-refractivity contribution in [2.45, 2.75) is 25.8 Å². The number of nitrogens with zero attached hydrogens (tertiary/aromatic N) is 2. The molecule has 1 fully saturated rings. The third-order valence-electron chi connectivity index (χ3n) is 3.26. The molecule has 1 atom stereocenters. The summed E-state index contributed by atoms with van der Waals surface area (Å²) >= 11 is 3.41. The number of pyridine rings is 1. The number of imide groups is 1. The van der Waals surface area contributed by atoms with E-state index in [4.69, 9.17) is 5.73 Å². The van der Waals surface area contributed by atoms with Crippen molar-refractivity contribution in [1.29, 1.82) is 0 Å². The van der Waals surface area contributed by atoms with Crippen molar-refractivity contribution in [2.75, 3.05) is 18.1 Å². The summed E-state index contributed by atoms with van der Waals surface area (Å²) < 4.78 is 0.736. The van der Waals surface area contributed by atoms with Crippen molar-refractivity contribution >= 4 is 39.2 Å². The molecule has 1 aromatic heterocycles. The molecule has 3 N–H and O–H groups in total. The van der Waals surface area contributed by atoms with Crippen LogP contribution in [0.1, 0.15) is 18.4 Å². The van der Waals surface area contributed by atoms with Gasteiger partial charge in [-0.25, -0.2) is 4.98 Å². The van der Waals surface area contributed by atoms with Crippen molar-refractivity contribution in [3.05, 3.63) is 16.2 Å². The monoisotopic (exact) mass is 326 g/mol. The first-order valence-corrected chi connectivity index (χ1v) is 6.68. The van der Waals surface area contributed by atoms with Gasteiger partial charge in [-0.15, -0.1) is 0 Å². The largest absolute Gasteiger partial charge is 0.397 e. The van der Waals surface area contributed by atoms with Crippen LogP contribution in [0.25, 0.3) is 0 Å². The summed E-state index contributed by atoms with van der Waals surface area (Å²) in [5.74, 6) is 0.177. The number of carbonyl (C=O) groups excluding carboxylic acids is 2. The number of hydrogen-bond donors (Lipinski definition) is 2. The van der Waals surface area contributed by atoms with E-state index in [2.05, 4.69) is 26.2 Å². The van der Waals surface area contributed by atoms with Gasteiger partial charge in [-0.1, -0.05) is 0 Å². The van der Waals surface area contributed by atoms with Crippen LogP contribution >= 0.6 is 15.9 Å². The number of halogens is 1. The number of nitrogens with one attached hydrogen (secondary N) is 1. The van der Waals surface area contributed by atoms with Gasteiger partial charge in [0.05, 0.1) is 16.4 Å². The molecular formula is C12H15BrN4O2. The van der Waals surface area contributed by atoms with Crippen LogP contribution in [0.15, 0.2) is 10.7 Å². The summed E-state index contributed by atoms with van der Waals surface area (Å²) in [5.41, 5.74) is 7.20. The lowest BCUT2D eigenvalue weighted by Gasteiger charge is -2.28. The summed E-state index contributed by atoms with van der Waals surface area (Å²) in [6, 6.07) is -0.436. The molecule has 0 aliphatic carbocycles. The Balaban J connectivity index is 2.20. The fourth-order valence-electron chi connectivity index (χ4n) is 1.91. The molecule has 1 aliphatic heterocycles. The first-order chi connectivity index (χ1) is 8.91. The standard InChI is InChI=1S/C12H15BrN4O2/c1-6-7(14)5-15-11(10(6)13)16-8-3-4-9(18)17(2)12(8)19/h5,8H,3-4,14H2,1-2H3,(H,15,16). The number of nitrogen functional groups attached to an aromatic ring is 1. The lowest BCUT2D eigenvalue weighted by atomic mass is 10.0. The molecule has 102 valence electrons. The highest BCUT2D eigenvalue weighted by molar-refractivity contribution is 9.10. The molecule has 19 heavy (non-hydrogen) atoms. The van der Waals surface area contributed by atoms with Gasteiger partial charge >= 0.3 is 0 Å². The molecule has 2 heterocycles. The summed E-state index contributed by atoms with van der Waals surface area (Å²) in [5, 5.41) is 3.06. The summed E-state index contributed by atoms with van der Waals surface area (Å²) in [4.78, 5) is 28.7. The molecular weight excluding hydrogens is 312 g/mol. The van der Waals surface area contributed by atoms with Crippen LogP contribution in [-0.4, -0.2) is 34.8 Å². The molecule has 0 saturated carbocycles. The maximum atomic E-state index is 12.0. The number of amides is 2. The number of likely N-dealkylation sites (tertiary alicyclic amines) is 1. The number of hydrogen-bond acceptors (Lipinski definition) is 5. The van der Waals surface area contributed by atoms with E-state index < -0.39 is 6.04 Å². The van der Waals surface area contributed by atoms with Crippen molar-refractivity contribution in [2.24, 2.45) is 0 Å². The molecule has 1 aromatic rings. The van der Waals surface area contributed by atoms with E-state index >= 15 is 0 Å². The van der Waals surface area contributed by atoms with Crippen LogP contribution in [0.4, 0.5) is 11.5 Å². The van der Waals surface area contributed by atoms with Gasteiger partial charge in [-0.05, 0) is 34.8 Å². The Morgan fingerprint density at radius 1 is 1.53 bits per heavy atom. The molecule has 2 amide bonds. The number of piperidine rings is 1. The predicted molar refractivity (Wildman–Crippen MR) is 75.5 cm³/mol. The van der Waals surface area contributed by atoms with Crippen LogP contribution in [-0.2, 0) is 9.59 Å². The van der Waals surface area contributed by atoms with E-state index in [0.29, 0.717) is 24.3 Å². The third-order valence-corrected chi connectivity index (χ3v) is 4.23. The highest BCUT2D eigenvalue weighted by Crippen LogP contribution is 2.29. The second-order valence-corrected chi connectivity index (χ2v) is 5.32. The quantitative estimate of drug-likeness (QED) is 0.799. The van der Waals surface area contributed by atoms with E-state index in [1.807, 2.05) is 6.92 Å². The Morgan fingerprint density at radius 2 is 2.21 bits per heavy atom. The molecule has 7 heteroatoms.